The van der Waals surface area contributed by atoms with Crippen LogP contribution in [0.3, 0.4) is 0 Å². The second-order valence-electron chi connectivity index (χ2n) is 8.91. The predicted octanol–water partition coefficient (Wildman–Crippen LogP) is 2.74. The number of pyridine rings is 1. The predicted molar refractivity (Wildman–Crippen MR) is 131 cm³/mol. The van der Waals surface area contributed by atoms with Crippen molar-refractivity contribution in [2.45, 2.75) is 31.6 Å². The molecule has 0 unspecified atom stereocenters. The maximum atomic E-state index is 14.2. The standard InChI is InChI=1S/C25H25ClFN5O4/c1-13-19(10-31(2)30-13)18-8-15(27)3-4-17(18)23-24(26)32-6-5-14(7-22(32)29-23)25(35)28-20(11-33)21-9-16(34)12-36-21/h3-8,10,16,20-21,33-34H,9,11-12H2,1-2H3,(H,28,35)/t16-,20+,21-/m0/s1. The van der Waals surface area contributed by atoms with Gasteiger partial charge in [0.15, 0.2) is 0 Å². The maximum Gasteiger partial charge on any atom is 0.251 e. The molecular formula is C25H25ClFN5O4. The normalized spacial score (nSPS) is 18.6. The highest BCUT2D eigenvalue weighted by Crippen LogP contribution is 2.37. The van der Waals surface area contributed by atoms with E-state index in [-0.39, 0.29) is 13.2 Å². The number of carbonyl (C=O) groups is 1. The van der Waals surface area contributed by atoms with Crippen molar-refractivity contribution in [1.82, 2.24) is 24.5 Å². The second kappa shape index (κ2) is 9.62. The summed E-state index contributed by atoms with van der Waals surface area (Å²) in [6.45, 7) is 1.69. The molecule has 3 aromatic heterocycles. The van der Waals surface area contributed by atoms with E-state index >= 15 is 0 Å². The SMILES string of the molecule is Cc1nn(C)cc1-c1cc(F)ccc1-c1nc2cc(C(=O)N[C@H](CO)[C@@H]3C[C@H](O)CO3)ccn2c1Cl. The van der Waals surface area contributed by atoms with Crippen molar-refractivity contribution in [1.29, 1.82) is 0 Å². The fraction of sp³-hybridized carbons (Fsp3) is 0.320. The number of hydrogen-bond donors (Lipinski definition) is 3. The van der Waals surface area contributed by atoms with E-state index in [0.717, 1.165) is 11.3 Å². The molecule has 9 nitrogen and oxygen atoms in total. The van der Waals surface area contributed by atoms with Crippen LogP contribution in [0.2, 0.25) is 5.15 Å². The highest BCUT2D eigenvalue weighted by molar-refractivity contribution is 6.32. The number of nitrogens with one attached hydrogen (secondary N) is 1. The van der Waals surface area contributed by atoms with Crippen molar-refractivity contribution >= 4 is 23.2 Å². The lowest BCUT2D eigenvalue weighted by Gasteiger charge is -2.22. The van der Waals surface area contributed by atoms with E-state index < -0.39 is 30.0 Å². The highest BCUT2D eigenvalue weighted by atomic mass is 35.5. The molecule has 0 spiro atoms. The molecule has 11 heteroatoms. The van der Waals surface area contributed by atoms with Gasteiger partial charge in [-0.1, -0.05) is 11.6 Å². The van der Waals surface area contributed by atoms with Gasteiger partial charge in [0.2, 0.25) is 0 Å². The van der Waals surface area contributed by atoms with Gasteiger partial charge in [0.05, 0.1) is 37.2 Å². The number of aliphatic hydroxyl groups is 2. The molecule has 3 N–H and O–H groups in total. The Morgan fingerprint density at radius 3 is 2.78 bits per heavy atom. The van der Waals surface area contributed by atoms with Crippen LogP contribution >= 0.6 is 11.6 Å². The fourth-order valence-corrected chi connectivity index (χ4v) is 4.85. The van der Waals surface area contributed by atoms with Crippen LogP contribution in [0.5, 0.6) is 0 Å². The molecule has 0 aliphatic carbocycles. The molecule has 1 aliphatic heterocycles. The zero-order chi connectivity index (χ0) is 25.6. The topological polar surface area (TPSA) is 114 Å². The van der Waals surface area contributed by atoms with Crippen molar-refractivity contribution in [3.8, 4) is 22.4 Å². The first-order valence-electron chi connectivity index (χ1n) is 11.4. The number of ether oxygens (including phenoxy) is 1. The number of benzene rings is 1. The molecule has 5 rings (SSSR count). The third-order valence-electron chi connectivity index (χ3n) is 6.34. The van der Waals surface area contributed by atoms with Gasteiger partial charge < -0.3 is 20.3 Å². The minimum Gasteiger partial charge on any atom is -0.394 e. The Morgan fingerprint density at radius 1 is 1.31 bits per heavy atom. The molecule has 1 fully saturated rings. The monoisotopic (exact) mass is 513 g/mol. The first-order valence-corrected chi connectivity index (χ1v) is 11.8. The van der Waals surface area contributed by atoms with Crippen LogP contribution in [-0.4, -0.2) is 66.7 Å². The van der Waals surface area contributed by atoms with Crippen molar-refractivity contribution in [3.05, 3.63) is 65.0 Å². The van der Waals surface area contributed by atoms with E-state index in [0.29, 0.717) is 39.6 Å². The molecule has 1 aromatic carbocycles. The number of rotatable bonds is 6. The summed E-state index contributed by atoms with van der Waals surface area (Å²) in [5, 5.41) is 26.9. The van der Waals surface area contributed by atoms with Gasteiger partial charge in [-0.25, -0.2) is 9.37 Å². The summed E-state index contributed by atoms with van der Waals surface area (Å²) < 4.78 is 23.0. The highest BCUT2D eigenvalue weighted by Gasteiger charge is 2.32. The summed E-state index contributed by atoms with van der Waals surface area (Å²) >= 11 is 6.69. The average Bonchev–Trinajstić information content (AvgIpc) is 3.53. The van der Waals surface area contributed by atoms with E-state index in [1.165, 1.54) is 12.1 Å². The number of halogens is 2. The van der Waals surface area contributed by atoms with Gasteiger partial charge in [-0.15, -0.1) is 0 Å². The largest absolute Gasteiger partial charge is 0.394 e. The molecule has 1 saturated heterocycles. The maximum absolute atomic E-state index is 14.2. The molecule has 0 bridgehead atoms. The average molecular weight is 514 g/mol. The summed E-state index contributed by atoms with van der Waals surface area (Å²) in [5.74, 6) is -0.816. The second-order valence-corrected chi connectivity index (χ2v) is 9.27. The number of nitrogens with zero attached hydrogens (tertiary/aromatic N) is 4. The summed E-state index contributed by atoms with van der Waals surface area (Å²) in [5.41, 5.74) is 3.91. The minimum absolute atomic E-state index is 0.169. The Morgan fingerprint density at radius 2 is 2.11 bits per heavy atom. The minimum atomic E-state index is -0.658. The lowest BCUT2D eigenvalue weighted by Crippen LogP contribution is -2.45. The lowest BCUT2D eigenvalue weighted by atomic mass is 9.98. The van der Waals surface area contributed by atoms with Gasteiger partial charge in [0.25, 0.3) is 5.91 Å². The summed E-state index contributed by atoms with van der Waals surface area (Å²) in [6, 6.07) is 6.92. The van der Waals surface area contributed by atoms with E-state index in [2.05, 4.69) is 15.4 Å². The number of fused-ring (bicyclic) bond motifs is 1. The van der Waals surface area contributed by atoms with Crippen LogP contribution in [-0.2, 0) is 11.8 Å². The van der Waals surface area contributed by atoms with Gasteiger partial charge in [-0.05, 0) is 42.8 Å². The first kappa shape index (κ1) is 24.4. The number of aryl methyl sites for hydroxylation is 2. The summed E-state index contributed by atoms with van der Waals surface area (Å²) in [6.07, 6.45) is 2.68. The molecule has 188 valence electrons. The quantitative estimate of drug-likeness (QED) is 0.365. The van der Waals surface area contributed by atoms with Crippen molar-refractivity contribution in [3.63, 3.8) is 0 Å². The van der Waals surface area contributed by atoms with Gasteiger partial charge in [-0.3, -0.25) is 13.9 Å². The summed E-state index contributed by atoms with van der Waals surface area (Å²) in [7, 11) is 1.79. The molecule has 0 radical (unpaired) electrons. The smallest absolute Gasteiger partial charge is 0.251 e. The summed E-state index contributed by atoms with van der Waals surface area (Å²) in [4.78, 5) is 17.6. The zero-order valence-electron chi connectivity index (χ0n) is 19.7. The number of aliphatic hydroxyl groups excluding tert-OH is 2. The van der Waals surface area contributed by atoms with E-state index in [1.807, 2.05) is 13.1 Å². The number of hydrogen-bond acceptors (Lipinski definition) is 6. The number of amides is 1. The van der Waals surface area contributed by atoms with Crippen LogP contribution in [0.15, 0.2) is 42.7 Å². The fourth-order valence-electron chi connectivity index (χ4n) is 4.56. The number of imidazole rings is 1. The van der Waals surface area contributed by atoms with Gasteiger partial charge in [0.1, 0.15) is 22.3 Å². The molecule has 0 saturated carbocycles. The van der Waals surface area contributed by atoms with Crippen LogP contribution in [0.25, 0.3) is 28.0 Å². The molecule has 1 amide bonds. The van der Waals surface area contributed by atoms with E-state index in [1.54, 1.807) is 40.5 Å². The van der Waals surface area contributed by atoms with Gasteiger partial charge in [-0.2, -0.15) is 5.10 Å². The van der Waals surface area contributed by atoms with Crippen LogP contribution in [0.4, 0.5) is 4.39 Å². The molecule has 4 heterocycles. The van der Waals surface area contributed by atoms with Crippen molar-refractivity contribution < 1.29 is 24.1 Å². The third kappa shape index (κ3) is 4.48. The molecule has 4 aromatic rings. The molecule has 36 heavy (non-hydrogen) atoms. The Bertz CT molecular complexity index is 1450. The third-order valence-corrected chi connectivity index (χ3v) is 6.70. The molecular weight excluding hydrogens is 489 g/mol. The van der Waals surface area contributed by atoms with Crippen molar-refractivity contribution in [2.24, 2.45) is 7.05 Å². The van der Waals surface area contributed by atoms with Crippen molar-refractivity contribution in [2.75, 3.05) is 13.2 Å². The van der Waals surface area contributed by atoms with Gasteiger partial charge >= 0.3 is 0 Å². The number of carbonyl (C=O) groups excluding carboxylic acids is 1. The first-order chi connectivity index (χ1) is 17.2. The van der Waals surface area contributed by atoms with Crippen LogP contribution < -0.4 is 5.32 Å². The Hall–Kier alpha value is -3.31. The Balaban J connectivity index is 1.49. The zero-order valence-corrected chi connectivity index (χ0v) is 20.4. The molecule has 1 aliphatic rings. The van der Waals surface area contributed by atoms with E-state index in [9.17, 15) is 19.4 Å². The van der Waals surface area contributed by atoms with E-state index in [4.69, 9.17) is 16.3 Å². The van der Waals surface area contributed by atoms with Crippen LogP contribution in [0.1, 0.15) is 22.5 Å². The molecule has 3 atom stereocenters. The Labute approximate surface area is 211 Å². The number of aromatic nitrogens is 4. The lowest BCUT2D eigenvalue weighted by molar-refractivity contribution is 0.0452. The Kier molecular flexibility index (Phi) is 6.52. The van der Waals surface area contributed by atoms with Gasteiger partial charge in [0, 0.05) is 42.6 Å². The van der Waals surface area contributed by atoms with Crippen LogP contribution in [0, 0.1) is 12.7 Å².